The molecule has 0 bridgehead atoms. The summed E-state index contributed by atoms with van der Waals surface area (Å²) in [6.07, 6.45) is 3.91. The predicted molar refractivity (Wildman–Crippen MR) is 222 cm³/mol. The lowest BCUT2D eigenvalue weighted by Gasteiger charge is -2.11. The third-order valence-electron chi connectivity index (χ3n) is 10.6. The summed E-state index contributed by atoms with van der Waals surface area (Å²) in [4.78, 5) is 10.0. The van der Waals surface area contributed by atoms with Crippen molar-refractivity contribution in [3.8, 4) is 22.8 Å². The molecule has 0 radical (unpaired) electrons. The average molecular weight is 699 g/mol. The van der Waals surface area contributed by atoms with Gasteiger partial charge in [0.05, 0.1) is 39.6 Å². The Labute approximate surface area is 305 Å². The van der Waals surface area contributed by atoms with Gasteiger partial charge in [-0.1, -0.05) is 84.9 Å². The molecule has 0 fully saturated rings. The summed E-state index contributed by atoms with van der Waals surface area (Å²) in [6, 6.07) is 52.5. The molecule has 0 saturated carbocycles. The van der Waals surface area contributed by atoms with Crippen molar-refractivity contribution in [3.63, 3.8) is 0 Å². The number of hydrogen-bond donors (Lipinski definition) is 0. The number of pyridine rings is 2. The zero-order valence-corrected chi connectivity index (χ0v) is 29.2. The van der Waals surface area contributed by atoms with Crippen LogP contribution in [0.1, 0.15) is 0 Å². The molecular weight excluding hydrogens is 673 g/mol. The summed E-state index contributed by atoms with van der Waals surface area (Å²) >= 11 is 3.75. The van der Waals surface area contributed by atoms with Gasteiger partial charge >= 0.3 is 0 Å². The third-order valence-corrected chi connectivity index (χ3v) is 13.0. The van der Waals surface area contributed by atoms with Crippen LogP contribution in [0.2, 0.25) is 0 Å². The highest BCUT2D eigenvalue weighted by atomic mass is 32.1. The van der Waals surface area contributed by atoms with Gasteiger partial charge < -0.3 is 4.57 Å². The van der Waals surface area contributed by atoms with Crippen LogP contribution in [-0.2, 0) is 0 Å². The lowest BCUT2D eigenvalue weighted by atomic mass is 10.1. The molecular formula is C46H26N4S2. The van der Waals surface area contributed by atoms with E-state index in [1.807, 2.05) is 35.1 Å². The van der Waals surface area contributed by atoms with Crippen molar-refractivity contribution in [1.82, 2.24) is 19.1 Å². The van der Waals surface area contributed by atoms with Crippen molar-refractivity contribution in [2.45, 2.75) is 0 Å². The normalized spacial score (nSPS) is 12.2. The van der Waals surface area contributed by atoms with Gasteiger partial charge in [-0.3, -0.25) is 9.55 Å². The minimum atomic E-state index is 0.879. The van der Waals surface area contributed by atoms with Gasteiger partial charge in [-0.05, 0) is 60.7 Å². The molecule has 0 aliphatic rings. The van der Waals surface area contributed by atoms with E-state index >= 15 is 0 Å². The monoisotopic (exact) mass is 698 g/mol. The molecule has 6 aromatic heterocycles. The fraction of sp³-hybridized carbons (Fsp3) is 0. The Morgan fingerprint density at radius 2 is 0.981 bits per heavy atom. The molecule has 0 saturated heterocycles. The molecule has 242 valence electrons. The summed E-state index contributed by atoms with van der Waals surface area (Å²) in [6.45, 7) is 0. The van der Waals surface area contributed by atoms with Crippen LogP contribution >= 0.6 is 22.7 Å². The maximum Gasteiger partial charge on any atom is 0.138 e. The van der Waals surface area contributed by atoms with Gasteiger partial charge in [0.2, 0.25) is 0 Å². The standard InChI is InChI=1S/C46H26N4S2/c1-5-13-36-33(11-1)43-38(21-18-31-29-9-3-7-15-40(29)51-45(31)43)49(36)28-17-20-35(48-26-28)27-23-24-47-42(25-27)50-37-14-6-2-12-34(37)44-39(50)22-19-32-30-10-4-8-16-41(30)52-46(32)44/h1-26H. The van der Waals surface area contributed by atoms with E-state index in [-0.39, 0.29) is 0 Å². The van der Waals surface area contributed by atoms with E-state index in [9.17, 15) is 0 Å². The Hall–Kier alpha value is -6.34. The van der Waals surface area contributed by atoms with Crippen LogP contribution in [0.3, 0.4) is 0 Å². The number of para-hydroxylation sites is 2. The van der Waals surface area contributed by atoms with Crippen LogP contribution in [0.4, 0.5) is 0 Å². The van der Waals surface area contributed by atoms with Crippen molar-refractivity contribution in [2.24, 2.45) is 0 Å². The fourth-order valence-electron chi connectivity index (χ4n) is 8.38. The van der Waals surface area contributed by atoms with Crippen LogP contribution in [0.15, 0.2) is 158 Å². The van der Waals surface area contributed by atoms with Crippen molar-refractivity contribution < 1.29 is 0 Å². The third kappa shape index (κ3) is 3.85. The Morgan fingerprint density at radius 3 is 1.60 bits per heavy atom. The quantitative estimate of drug-likeness (QED) is 0.184. The topological polar surface area (TPSA) is 35.6 Å². The molecule has 0 N–H and O–H groups in total. The first kappa shape index (κ1) is 28.4. The Morgan fingerprint density at radius 1 is 0.423 bits per heavy atom. The number of fused-ring (bicyclic) bond motifs is 14. The largest absolute Gasteiger partial charge is 0.308 e. The van der Waals surface area contributed by atoms with Crippen molar-refractivity contribution in [2.75, 3.05) is 0 Å². The van der Waals surface area contributed by atoms with E-state index in [0.717, 1.165) is 33.8 Å². The van der Waals surface area contributed by atoms with Crippen molar-refractivity contribution in [1.29, 1.82) is 0 Å². The fourth-order valence-corrected chi connectivity index (χ4v) is 10.9. The zero-order chi connectivity index (χ0) is 33.9. The highest BCUT2D eigenvalue weighted by Crippen LogP contribution is 2.45. The van der Waals surface area contributed by atoms with E-state index in [0.29, 0.717) is 0 Å². The van der Waals surface area contributed by atoms with Crippen LogP contribution < -0.4 is 0 Å². The van der Waals surface area contributed by atoms with Crippen LogP contribution in [0.25, 0.3) is 107 Å². The number of hydrogen-bond acceptors (Lipinski definition) is 4. The number of benzene rings is 6. The van der Waals surface area contributed by atoms with Gasteiger partial charge in [-0.15, -0.1) is 22.7 Å². The summed E-state index contributed by atoms with van der Waals surface area (Å²) in [7, 11) is 0. The Kier molecular flexibility index (Phi) is 5.78. The molecule has 52 heavy (non-hydrogen) atoms. The number of thiophene rings is 2. The number of aromatic nitrogens is 4. The van der Waals surface area contributed by atoms with Gasteiger partial charge in [-0.25, -0.2) is 4.98 Å². The average Bonchev–Trinajstić information content (AvgIpc) is 3.95. The van der Waals surface area contributed by atoms with E-state index in [1.165, 1.54) is 72.9 Å². The summed E-state index contributed by atoms with van der Waals surface area (Å²) in [5, 5.41) is 10.3. The molecule has 6 aromatic carbocycles. The van der Waals surface area contributed by atoms with E-state index in [1.54, 1.807) is 0 Å². The molecule has 6 heterocycles. The second-order valence-corrected chi connectivity index (χ2v) is 15.5. The van der Waals surface area contributed by atoms with E-state index < -0.39 is 0 Å². The minimum Gasteiger partial charge on any atom is -0.308 e. The molecule has 0 amide bonds. The van der Waals surface area contributed by atoms with Crippen LogP contribution in [0, 0.1) is 0 Å². The van der Waals surface area contributed by atoms with Gasteiger partial charge in [0, 0.05) is 73.6 Å². The van der Waals surface area contributed by atoms with Crippen molar-refractivity contribution in [3.05, 3.63) is 158 Å². The maximum absolute atomic E-state index is 5.07. The molecule has 6 heteroatoms. The maximum atomic E-state index is 5.07. The first-order valence-electron chi connectivity index (χ1n) is 17.4. The molecule has 0 aliphatic heterocycles. The molecule has 4 nitrogen and oxygen atoms in total. The second kappa shape index (κ2) is 10.6. The van der Waals surface area contributed by atoms with Gasteiger partial charge in [-0.2, -0.15) is 0 Å². The first-order chi connectivity index (χ1) is 25.8. The highest BCUT2D eigenvalue weighted by molar-refractivity contribution is 7.27. The molecule has 12 rings (SSSR count). The second-order valence-electron chi connectivity index (χ2n) is 13.4. The lowest BCUT2D eigenvalue weighted by Crippen LogP contribution is -1.98. The molecule has 0 spiro atoms. The number of rotatable bonds is 3. The summed E-state index contributed by atoms with van der Waals surface area (Å²) in [5.41, 5.74) is 7.66. The Bertz CT molecular complexity index is 3410. The van der Waals surface area contributed by atoms with Gasteiger partial charge in [0.1, 0.15) is 5.82 Å². The van der Waals surface area contributed by atoms with Crippen LogP contribution in [-0.4, -0.2) is 19.1 Å². The van der Waals surface area contributed by atoms with Crippen molar-refractivity contribution >= 4 is 107 Å². The molecule has 12 aromatic rings. The summed E-state index contributed by atoms with van der Waals surface area (Å²) in [5.74, 6) is 0.879. The summed E-state index contributed by atoms with van der Waals surface area (Å²) < 4.78 is 9.94. The first-order valence-corrected chi connectivity index (χ1v) is 19.0. The van der Waals surface area contributed by atoms with Crippen LogP contribution in [0.5, 0.6) is 0 Å². The lowest BCUT2D eigenvalue weighted by molar-refractivity contribution is 1.08. The molecule has 0 unspecified atom stereocenters. The van der Waals surface area contributed by atoms with E-state index in [2.05, 4.69) is 155 Å². The minimum absolute atomic E-state index is 0.879. The SMILES string of the molecule is c1ccc2c(c1)sc1c2ccc2c1c1ccccc1n2-c1ccc(-c2ccnc(-n3c4ccccc4c4c5sc6ccccc6c5ccc43)c2)nc1. The smallest absolute Gasteiger partial charge is 0.138 e. The zero-order valence-electron chi connectivity index (χ0n) is 27.6. The predicted octanol–water partition coefficient (Wildman–Crippen LogP) is 13.1. The number of nitrogens with zero attached hydrogens (tertiary/aromatic N) is 4. The molecule has 0 aliphatic carbocycles. The molecule has 0 atom stereocenters. The van der Waals surface area contributed by atoms with Gasteiger partial charge in [0.15, 0.2) is 0 Å². The van der Waals surface area contributed by atoms with E-state index in [4.69, 9.17) is 9.97 Å². The highest BCUT2D eigenvalue weighted by Gasteiger charge is 2.20. The van der Waals surface area contributed by atoms with Gasteiger partial charge in [0.25, 0.3) is 0 Å². The Balaban J connectivity index is 1.00.